The maximum Gasteiger partial charge on any atom is 0.290 e. The van der Waals surface area contributed by atoms with Gasteiger partial charge in [0.15, 0.2) is 5.76 Å². The van der Waals surface area contributed by atoms with E-state index in [-0.39, 0.29) is 11.3 Å². The van der Waals surface area contributed by atoms with E-state index in [0.717, 1.165) is 72.0 Å². The third kappa shape index (κ3) is 5.46. The number of rotatable bonds is 7. The number of pyridine rings is 1. The monoisotopic (exact) mass is 526 g/mol. The second kappa shape index (κ2) is 10.8. The van der Waals surface area contributed by atoms with Gasteiger partial charge >= 0.3 is 0 Å². The molecule has 3 aromatic heterocycles. The molecule has 0 atom stereocenters. The van der Waals surface area contributed by atoms with Crippen molar-refractivity contribution in [3.8, 4) is 11.5 Å². The number of thioether (sulfide) groups is 1. The van der Waals surface area contributed by atoms with Crippen LogP contribution in [0.1, 0.15) is 36.9 Å². The van der Waals surface area contributed by atoms with Crippen molar-refractivity contribution in [3.63, 3.8) is 0 Å². The van der Waals surface area contributed by atoms with Crippen molar-refractivity contribution in [2.45, 2.75) is 44.3 Å². The van der Waals surface area contributed by atoms with Gasteiger partial charge in [-0.3, -0.25) is 19.9 Å². The summed E-state index contributed by atoms with van der Waals surface area (Å²) in [6, 6.07) is 16.5. The first kappa shape index (κ1) is 24.3. The fraction of sp³-hybridized carbons (Fsp3) is 0.250. The highest BCUT2D eigenvalue weighted by molar-refractivity contribution is 8.18. The van der Waals surface area contributed by atoms with E-state index in [1.807, 2.05) is 36.4 Å². The molecule has 1 saturated heterocycles. The molecule has 3 N–H and O–H groups in total. The van der Waals surface area contributed by atoms with Gasteiger partial charge in [-0.05, 0) is 73.4 Å². The van der Waals surface area contributed by atoms with Gasteiger partial charge in [0.05, 0.1) is 10.6 Å². The number of nitrogens with zero attached hydrogens (tertiary/aromatic N) is 3. The second-order valence-corrected chi connectivity index (χ2v) is 10.4. The van der Waals surface area contributed by atoms with Crippen LogP contribution in [0, 0.1) is 0 Å². The van der Waals surface area contributed by atoms with Gasteiger partial charge in [-0.1, -0.05) is 24.3 Å². The summed E-state index contributed by atoms with van der Waals surface area (Å²) in [5.41, 5.74) is 3.43. The van der Waals surface area contributed by atoms with Crippen molar-refractivity contribution in [3.05, 3.63) is 77.1 Å². The average Bonchev–Trinajstić information content (AvgIpc) is 3.50. The quantitative estimate of drug-likeness (QED) is 0.282. The van der Waals surface area contributed by atoms with Crippen LogP contribution in [0.5, 0.6) is 0 Å². The summed E-state index contributed by atoms with van der Waals surface area (Å²) in [6.07, 6.45) is 9.10. The van der Waals surface area contributed by atoms with E-state index in [0.29, 0.717) is 22.6 Å². The molecule has 1 aliphatic carbocycles. The Morgan fingerprint density at radius 1 is 1.00 bits per heavy atom. The Morgan fingerprint density at radius 2 is 1.84 bits per heavy atom. The lowest BCUT2D eigenvalue weighted by molar-refractivity contribution is -0.115. The molecule has 38 heavy (non-hydrogen) atoms. The number of imide groups is 1. The lowest BCUT2D eigenvalue weighted by atomic mass is 9.91. The molecular formula is C28H26N6O3S. The summed E-state index contributed by atoms with van der Waals surface area (Å²) in [4.78, 5) is 37.0. The molecule has 10 heteroatoms. The maximum absolute atomic E-state index is 11.8. The summed E-state index contributed by atoms with van der Waals surface area (Å²) >= 11 is 0.878. The molecule has 0 unspecified atom stereocenters. The van der Waals surface area contributed by atoms with Crippen molar-refractivity contribution in [1.82, 2.24) is 25.6 Å². The van der Waals surface area contributed by atoms with Crippen LogP contribution in [0.4, 0.5) is 10.7 Å². The standard InChI is InChI=1S/C28H26N6O3S/c35-26-24(38-28(36)34-26)15-21-11-13-30-27(33-21)32-20-9-7-19(8-10-20)31-16-18-5-3-12-29-25(18)23-14-17-4-1-2-6-22(17)37-23/h1-6,11-15,19-20,31H,7-10,16H2,(H,30,32,33)(H,34,35,36)/b24-15-/t19-,20-. The predicted molar refractivity (Wildman–Crippen MR) is 147 cm³/mol. The first-order chi connectivity index (χ1) is 18.6. The Hall–Kier alpha value is -4.02. The highest BCUT2D eigenvalue weighted by atomic mass is 32.2. The molecule has 1 aromatic carbocycles. The molecule has 0 bridgehead atoms. The van der Waals surface area contributed by atoms with Crippen LogP contribution in [0.15, 0.2) is 70.2 Å². The van der Waals surface area contributed by atoms with E-state index < -0.39 is 5.91 Å². The average molecular weight is 527 g/mol. The fourth-order valence-electron chi connectivity index (χ4n) is 4.86. The lowest BCUT2D eigenvalue weighted by Crippen LogP contribution is -2.37. The molecule has 2 fully saturated rings. The number of anilines is 1. The maximum atomic E-state index is 11.8. The van der Waals surface area contributed by atoms with Gasteiger partial charge in [-0.25, -0.2) is 9.97 Å². The van der Waals surface area contributed by atoms with Crippen molar-refractivity contribution in [1.29, 1.82) is 0 Å². The van der Waals surface area contributed by atoms with Gasteiger partial charge in [0, 0.05) is 36.4 Å². The minimum atomic E-state index is -0.394. The molecule has 192 valence electrons. The van der Waals surface area contributed by atoms with Crippen molar-refractivity contribution >= 4 is 45.9 Å². The third-order valence-corrected chi connectivity index (χ3v) is 7.60. The molecular weight excluding hydrogens is 500 g/mol. The number of hydrogen-bond acceptors (Lipinski definition) is 9. The fourth-order valence-corrected chi connectivity index (χ4v) is 5.53. The molecule has 4 heterocycles. The van der Waals surface area contributed by atoms with Crippen LogP contribution in [0.2, 0.25) is 0 Å². The molecule has 2 aliphatic rings. The topological polar surface area (TPSA) is 122 Å². The van der Waals surface area contributed by atoms with Gasteiger partial charge in [-0.15, -0.1) is 0 Å². The summed E-state index contributed by atoms with van der Waals surface area (Å²) in [5.74, 6) is 0.916. The summed E-state index contributed by atoms with van der Waals surface area (Å²) in [5, 5.41) is 10.1. The van der Waals surface area contributed by atoms with E-state index >= 15 is 0 Å². The smallest absolute Gasteiger partial charge is 0.290 e. The zero-order valence-corrected chi connectivity index (χ0v) is 21.3. The van der Waals surface area contributed by atoms with E-state index in [1.165, 1.54) is 0 Å². The van der Waals surface area contributed by atoms with E-state index in [1.54, 1.807) is 24.5 Å². The molecule has 0 radical (unpaired) electrons. The van der Waals surface area contributed by atoms with Gasteiger partial charge in [0.25, 0.3) is 11.1 Å². The molecule has 1 aliphatic heterocycles. The van der Waals surface area contributed by atoms with Crippen LogP contribution >= 0.6 is 11.8 Å². The van der Waals surface area contributed by atoms with Gasteiger partial charge in [0.2, 0.25) is 5.95 Å². The summed E-state index contributed by atoms with van der Waals surface area (Å²) < 4.78 is 6.06. The van der Waals surface area contributed by atoms with Crippen LogP contribution in [0.3, 0.4) is 0 Å². The first-order valence-corrected chi connectivity index (χ1v) is 13.4. The Morgan fingerprint density at radius 3 is 2.66 bits per heavy atom. The van der Waals surface area contributed by atoms with Crippen molar-refractivity contribution in [2.24, 2.45) is 0 Å². The predicted octanol–water partition coefficient (Wildman–Crippen LogP) is 5.12. The molecule has 9 nitrogen and oxygen atoms in total. The van der Waals surface area contributed by atoms with Crippen LogP contribution in [0.25, 0.3) is 28.5 Å². The molecule has 4 aromatic rings. The number of aromatic nitrogens is 3. The third-order valence-electron chi connectivity index (χ3n) is 6.79. The lowest BCUT2D eigenvalue weighted by Gasteiger charge is -2.30. The number of amides is 2. The zero-order chi connectivity index (χ0) is 25.9. The van der Waals surface area contributed by atoms with Gasteiger partial charge in [0.1, 0.15) is 11.3 Å². The molecule has 6 rings (SSSR count). The number of furan rings is 1. The van der Waals surface area contributed by atoms with Crippen LogP contribution < -0.4 is 16.0 Å². The van der Waals surface area contributed by atoms with Crippen molar-refractivity contribution < 1.29 is 14.0 Å². The Balaban J connectivity index is 1.04. The van der Waals surface area contributed by atoms with Crippen LogP contribution in [-0.4, -0.2) is 38.2 Å². The minimum Gasteiger partial charge on any atom is -0.454 e. The minimum absolute atomic E-state index is 0.270. The number of para-hydroxylation sites is 1. The van der Waals surface area contributed by atoms with Crippen LogP contribution in [-0.2, 0) is 11.3 Å². The number of benzene rings is 1. The normalized spacial score (nSPS) is 20.7. The number of carbonyl (C=O) groups excluding carboxylic acids is 2. The Kier molecular flexibility index (Phi) is 6.89. The van der Waals surface area contributed by atoms with Gasteiger partial charge < -0.3 is 15.1 Å². The molecule has 2 amide bonds. The second-order valence-electron chi connectivity index (χ2n) is 9.39. The Labute approximate surface area is 223 Å². The number of fused-ring (bicyclic) bond motifs is 1. The zero-order valence-electron chi connectivity index (χ0n) is 20.5. The number of carbonyl (C=O) groups is 2. The Bertz CT molecular complexity index is 1490. The largest absolute Gasteiger partial charge is 0.454 e. The highest BCUT2D eigenvalue weighted by Crippen LogP contribution is 2.29. The first-order valence-electron chi connectivity index (χ1n) is 12.6. The molecule has 1 saturated carbocycles. The number of hydrogen-bond donors (Lipinski definition) is 3. The summed E-state index contributed by atoms with van der Waals surface area (Å²) in [6.45, 7) is 0.719. The SMILES string of the molecule is O=C1NC(=O)/C(=C/c2ccnc(N[C@H]3CC[C@H](NCc4cccnc4-c4cc5ccccc5o4)CC3)n2)S1. The van der Waals surface area contributed by atoms with Gasteiger partial charge in [-0.2, -0.15) is 0 Å². The molecule has 0 spiro atoms. The van der Waals surface area contributed by atoms with E-state index in [9.17, 15) is 9.59 Å². The van der Waals surface area contributed by atoms with Crippen molar-refractivity contribution in [2.75, 3.05) is 5.32 Å². The summed E-state index contributed by atoms with van der Waals surface area (Å²) in [7, 11) is 0. The van der Waals surface area contributed by atoms with E-state index in [2.05, 4.69) is 37.0 Å². The van der Waals surface area contributed by atoms with E-state index in [4.69, 9.17) is 4.42 Å². The highest BCUT2D eigenvalue weighted by Gasteiger charge is 2.25. The number of nitrogens with one attached hydrogen (secondary N) is 3.